The van der Waals surface area contributed by atoms with Crippen molar-refractivity contribution in [3.8, 4) is 12.0 Å². The van der Waals surface area contributed by atoms with Crippen molar-refractivity contribution in [3.05, 3.63) is 10.5 Å². The molecule has 0 saturated heterocycles. The van der Waals surface area contributed by atoms with Crippen LogP contribution in [0.15, 0.2) is 4.79 Å². The minimum atomic E-state index is -0.539. The Bertz CT molecular complexity index is 334. The van der Waals surface area contributed by atoms with Crippen molar-refractivity contribution in [1.82, 2.24) is 15.0 Å². The Morgan fingerprint density at radius 1 is 1.38 bits per heavy atom. The number of aromatic amines is 1. The van der Waals surface area contributed by atoms with Gasteiger partial charge in [0.15, 0.2) is 0 Å². The van der Waals surface area contributed by atoms with Crippen molar-refractivity contribution in [3.63, 3.8) is 0 Å². The van der Waals surface area contributed by atoms with Crippen LogP contribution in [0.5, 0.6) is 12.0 Å². The Labute approximate surface area is 74.9 Å². The number of ether oxygens (including phenoxy) is 2. The number of aromatic nitrogens is 3. The summed E-state index contributed by atoms with van der Waals surface area (Å²) in [5.41, 5.74) is -0.539. The molecule has 0 aliphatic heterocycles. The highest BCUT2D eigenvalue weighted by molar-refractivity contribution is 4.99. The van der Waals surface area contributed by atoms with Gasteiger partial charge in [0.2, 0.25) is 0 Å². The van der Waals surface area contributed by atoms with Crippen LogP contribution in [0.3, 0.4) is 0 Å². The third-order valence-electron chi connectivity index (χ3n) is 1.14. The van der Waals surface area contributed by atoms with Crippen molar-refractivity contribution < 1.29 is 9.47 Å². The van der Waals surface area contributed by atoms with E-state index in [0.717, 1.165) is 0 Å². The van der Waals surface area contributed by atoms with E-state index in [1.807, 2.05) is 13.8 Å². The van der Waals surface area contributed by atoms with Crippen molar-refractivity contribution in [2.24, 2.45) is 0 Å². The van der Waals surface area contributed by atoms with E-state index in [1.165, 1.54) is 7.11 Å². The molecule has 13 heavy (non-hydrogen) atoms. The van der Waals surface area contributed by atoms with Gasteiger partial charge in [0.1, 0.15) is 0 Å². The molecule has 0 amide bonds. The van der Waals surface area contributed by atoms with Gasteiger partial charge in [0.25, 0.3) is 0 Å². The van der Waals surface area contributed by atoms with E-state index in [2.05, 4.69) is 15.0 Å². The van der Waals surface area contributed by atoms with Crippen LogP contribution in [0.25, 0.3) is 0 Å². The molecular weight excluding hydrogens is 174 g/mol. The first-order valence-corrected chi connectivity index (χ1v) is 3.81. The zero-order valence-electron chi connectivity index (χ0n) is 7.70. The van der Waals surface area contributed by atoms with E-state index < -0.39 is 5.69 Å². The van der Waals surface area contributed by atoms with Crippen LogP contribution in [0.1, 0.15) is 13.8 Å². The Morgan fingerprint density at radius 2 is 2.08 bits per heavy atom. The molecule has 0 saturated carbocycles. The van der Waals surface area contributed by atoms with Gasteiger partial charge in [-0.2, -0.15) is 0 Å². The molecule has 1 N–H and O–H groups in total. The number of hydrogen-bond donors (Lipinski definition) is 1. The Morgan fingerprint density at radius 3 is 2.62 bits per heavy atom. The summed E-state index contributed by atoms with van der Waals surface area (Å²) in [6.07, 6.45) is -0.0599. The number of hydrogen-bond acceptors (Lipinski definition) is 5. The smallest absolute Gasteiger partial charge is 0.353 e. The van der Waals surface area contributed by atoms with Crippen LogP contribution in [0, 0.1) is 0 Å². The minimum Gasteiger partial charge on any atom is -0.467 e. The standard InChI is InChI=1S/C7H11N3O3/c1-4(2)13-7-9-5(11)8-6(10-7)12-3/h4H,1-3H3,(H,8,9,10,11). The molecule has 0 aliphatic carbocycles. The van der Waals surface area contributed by atoms with Gasteiger partial charge in [0, 0.05) is 0 Å². The summed E-state index contributed by atoms with van der Waals surface area (Å²) in [5.74, 6) is 0. The molecule has 6 heteroatoms. The van der Waals surface area contributed by atoms with Crippen LogP contribution < -0.4 is 15.2 Å². The molecule has 0 fully saturated rings. The van der Waals surface area contributed by atoms with E-state index in [9.17, 15) is 4.79 Å². The van der Waals surface area contributed by atoms with E-state index in [-0.39, 0.29) is 18.1 Å². The molecule has 0 spiro atoms. The van der Waals surface area contributed by atoms with E-state index >= 15 is 0 Å². The molecule has 6 nitrogen and oxygen atoms in total. The zero-order valence-corrected chi connectivity index (χ0v) is 7.70. The van der Waals surface area contributed by atoms with E-state index in [0.29, 0.717) is 0 Å². The van der Waals surface area contributed by atoms with Crippen molar-refractivity contribution in [1.29, 1.82) is 0 Å². The van der Waals surface area contributed by atoms with Crippen LogP contribution in [0.2, 0.25) is 0 Å². The molecule has 1 rings (SSSR count). The molecule has 1 heterocycles. The lowest BCUT2D eigenvalue weighted by molar-refractivity contribution is 0.215. The van der Waals surface area contributed by atoms with E-state index in [1.54, 1.807) is 0 Å². The van der Waals surface area contributed by atoms with Crippen LogP contribution in [-0.2, 0) is 0 Å². The first-order valence-electron chi connectivity index (χ1n) is 3.81. The molecule has 0 atom stereocenters. The first-order chi connectivity index (χ1) is 6.11. The molecule has 0 radical (unpaired) electrons. The molecule has 1 aromatic rings. The normalized spacial score (nSPS) is 10.2. The SMILES string of the molecule is COc1nc(OC(C)C)[nH]c(=O)n1. The topological polar surface area (TPSA) is 77.1 Å². The third-order valence-corrected chi connectivity index (χ3v) is 1.14. The van der Waals surface area contributed by atoms with Crippen molar-refractivity contribution in [2.45, 2.75) is 20.0 Å². The minimum absolute atomic E-state index is 0.000556. The number of nitrogens with one attached hydrogen (secondary N) is 1. The lowest BCUT2D eigenvalue weighted by Crippen LogP contribution is -2.17. The maximum absolute atomic E-state index is 10.9. The molecular formula is C7H11N3O3. The summed E-state index contributed by atoms with van der Waals surface area (Å²) in [6.45, 7) is 3.65. The van der Waals surface area contributed by atoms with Crippen molar-refractivity contribution in [2.75, 3.05) is 7.11 Å². The second kappa shape index (κ2) is 3.88. The maximum Gasteiger partial charge on any atom is 0.353 e. The largest absolute Gasteiger partial charge is 0.467 e. The van der Waals surface area contributed by atoms with Crippen molar-refractivity contribution >= 4 is 0 Å². The monoisotopic (exact) mass is 185 g/mol. The summed E-state index contributed by atoms with van der Waals surface area (Å²) in [6, 6.07) is 0.117. The third kappa shape index (κ3) is 2.73. The van der Waals surface area contributed by atoms with Gasteiger partial charge in [-0.1, -0.05) is 0 Å². The fourth-order valence-electron chi connectivity index (χ4n) is 0.716. The number of nitrogens with zero attached hydrogens (tertiary/aromatic N) is 2. The lowest BCUT2D eigenvalue weighted by Gasteiger charge is -2.07. The van der Waals surface area contributed by atoms with Gasteiger partial charge in [-0.15, -0.1) is 9.97 Å². The summed E-state index contributed by atoms with van der Waals surface area (Å²) in [4.78, 5) is 20.4. The zero-order chi connectivity index (χ0) is 9.84. The molecule has 0 unspecified atom stereocenters. The summed E-state index contributed by atoms with van der Waals surface area (Å²) < 4.78 is 9.85. The van der Waals surface area contributed by atoms with Gasteiger partial charge in [-0.3, -0.25) is 4.98 Å². The molecule has 72 valence electrons. The van der Waals surface area contributed by atoms with Crippen LogP contribution in [-0.4, -0.2) is 28.2 Å². The van der Waals surface area contributed by atoms with Crippen LogP contribution in [0.4, 0.5) is 0 Å². The predicted molar refractivity (Wildman–Crippen MR) is 45.0 cm³/mol. The number of methoxy groups -OCH3 is 1. The molecule has 0 aromatic carbocycles. The van der Waals surface area contributed by atoms with Gasteiger partial charge in [-0.05, 0) is 13.8 Å². The molecule has 0 aliphatic rings. The highest BCUT2D eigenvalue weighted by atomic mass is 16.5. The maximum atomic E-state index is 10.9. The average Bonchev–Trinajstić information content (AvgIpc) is 2.01. The Kier molecular flexibility index (Phi) is 2.84. The second-order valence-electron chi connectivity index (χ2n) is 2.61. The van der Waals surface area contributed by atoms with Crippen LogP contribution >= 0.6 is 0 Å². The molecule has 0 bridgehead atoms. The fourth-order valence-corrected chi connectivity index (χ4v) is 0.716. The lowest BCUT2D eigenvalue weighted by atomic mass is 10.5. The second-order valence-corrected chi connectivity index (χ2v) is 2.61. The summed E-state index contributed by atoms with van der Waals surface area (Å²) in [7, 11) is 1.38. The highest BCUT2D eigenvalue weighted by Gasteiger charge is 2.04. The van der Waals surface area contributed by atoms with Gasteiger partial charge < -0.3 is 9.47 Å². The van der Waals surface area contributed by atoms with Gasteiger partial charge in [0.05, 0.1) is 13.2 Å². The quantitative estimate of drug-likeness (QED) is 0.715. The Balaban J connectivity index is 2.95. The highest BCUT2D eigenvalue weighted by Crippen LogP contribution is 2.04. The number of rotatable bonds is 3. The molecule has 1 aromatic heterocycles. The van der Waals surface area contributed by atoms with E-state index in [4.69, 9.17) is 9.47 Å². The summed E-state index contributed by atoms with van der Waals surface area (Å²) in [5, 5.41) is 0. The van der Waals surface area contributed by atoms with Gasteiger partial charge >= 0.3 is 17.7 Å². The first kappa shape index (κ1) is 9.50. The van der Waals surface area contributed by atoms with Gasteiger partial charge in [-0.25, -0.2) is 4.79 Å². The summed E-state index contributed by atoms with van der Waals surface area (Å²) >= 11 is 0. The average molecular weight is 185 g/mol. The fraction of sp³-hybridized carbons (Fsp3) is 0.571. The predicted octanol–water partition coefficient (Wildman–Crippen LogP) is -0.0393. The Hall–Kier alpha value is -1.59. The number of H-pyrrole nitrogens is 1.